The van der Waals surface area contributed by atoms with Crippen molar-refractivity contribution >= 4 is 37.4 Å². The van der Waals surface area contributed by atoms with Gasteiger partial charge in [0.05, 0.1) is 22.3 Å². The number of hydrogen-bond donors (Lipinski definition) is 2. The second-order valence-electron chi connectivity index (χ2n) is 6.72. The summed E-state index contributed by atoms with van der Waals surface area (Å²) in [7, 11) is -3.78. The molecule has 1 atom stereocenters. The Morgan fingerprint density at radius 2 is 1.72 bits per heavy atom. The van der Waals surface area contributed by atoms with Crippen molar-refractivity contribution in [3.63, 3.8) is 0 Å². The number of anilines is 1. The molecular weight excluding hydrogens is 454 g/mol. The normalized spacial score (nSPS) is 16.7. The Bertz CT molecular complexity index is 1180. The third-order valence-corrected chi connectivity index (χ3v) is 6.22. The molecule has 0 bridgehead atoms. The summed E-state index contributed by atoms with van der Waals surface area (Å²) in [4.78, 5) is 0.0366. The van der Waals surface area contributed by atoms with Gasteiger partial charge in [0, 0.05) is 16.5 Å². The van der Waals surface area contributed by atoms with Crippen molar-refractivity contribution in [1.29, 1.82) is 0 Å². The Kier molecular flexibility index (Phi) is 5.16. The van der Waals surface area contributed by atoms with Gasteiger partial charge in [-0.15, -0.1) is 0 Å². The Balaban J connectivity index is 1.79. The van der Waals surface area contributed by atoms with Gasteiger partial charge in [-0.1, -0.05) is 46.3 Å². The number of sulfonamides is 1. The van der Waals surface area contributed by atoms with Crippen LogP contribution in [0.25, 0.3) is 0 Å². The van der Waals surface area contributed by atoms with Gasteiger partial charge in [0.25, 0.3) is 0 Å². The first-order valence-electron chi connectivity index (χ1n) is 8.86. The van der Waals surface area contributed by atoms with Gasteiger partial charge in [-0.25, -0.2) is 13.6 Å². The van der Waals surface area contributed by atoms with Gasteiger partial charge < -0.3 is 5.11 Å². The van der Waals surface area contributed by atoms with Crippen LogP contribution in [0, 0.1) is 0 Å². The molecule has 29 heavy (non-hydrogen) atoms. The molecule has 1 unspecified atom stereocenters. The van der Waals surface area contributed by atoms with E-state index in [-0.39, 0.29) is 16.7 Å². The summed E-state index contributed by atoms with van der Waals surface area (Å²) >= 11 is 3.46. The standard InChI is InChI=1S/C21H18BrN3O3S/c22-15-6-11-21(26)18(12-15)20-13-19(14-4-2-1-3-5-14)24-25(20)16-7-9-17(10-8-16)29(23,27)28/h1-12,20,26H,13H2,(H2,23,27,28). The van der Waals surface area contributed by atoms with E-state index in [1.165, 1.54) is 12.1 Å². The molecule has 3 aromatic rings. The molecule has 0 aliphatic carbocycles. The first kappa shape index (κ1) is 19.6. The lowest BCUT2D eigenvalue weighted by Gasteiger charge is -2.25. The van der Waals surface area contributed by atoms with Crippen LogP contribution < -0.4 is 10.1 Å². The fourth-order valence-electron chi connectivity index (χ4n) is 3.38. The fourth-order valence-corrected chi connectivity index (χ4v) is 4.27. The maximum atomic E-state index is 11.6. The third-order valence-electron chi connectivity index (χ3n) is 4.80. The average Bonchev–Trinajstić information content (AvgIpc) is 3.15. The van der Waals surface area contributed by atoms with Crippen LogP contribution in [-0.4, -0.2) is 19.2 Å². The van der Waals surface area contributed by atoms with Crippen molar-refractivity contribution in [3.8, 4) is 5.75 Å². The quantitative estimate of drug-likeness (QED) is 0.596. The van der Waals surface area contributed by atoms with Gasteiger partial charge in [-0.3, -0.25) is 5.01 Å². The minimum Gasteiger partial charge on any atom is -0.508 e. The highest BCUT2D eigenvalue weighted by molar-refractivity contribution is 9.10. The second-order valence-corrected chi connectivity index (χ2v) is 9.20. The summed E-state index contributed by atoms with van der Waals surface area (Å²) in [5.74, 6) is 0.175. The second kappa shape index (κ2) is 7.62. The topological polar surface area (TPSA) is 96.0 Å². The third kappa shape index (κ3) is 4.05. The molecule has 4 rings (SSSR count). The van der Waals surface area contributed by atoms with E-state index in [0.717, 1.165) is 21.3 Å². The minimum atomic E-state index is -3.78. The molecule has 0 saturated heterocycles. The van der Waals surface area contributed by atoms with Gasteiger partial charge in [0.2, 0.25) is 10.0 Å². The van der Waals surface area contributed by atoms with Gasteiger partial charge in [0.15, 0.2) is 0 Å². The molecule has 0 amide bonds. The number of nitrogens with zero attached hydrogens (tertiary/aromatic N) is 2. The highest BCUT2D eigenvalue weighted by Gasteiger charge is 2.32. The smallest absolute Gasteiger partial charge is 0.238 e. The molecule has 8 heteroatoms. The van der Waals surface area contributed by atoms with Crippen molar-refractivity contribution in [1.82, 2.24) is 0 Å². The van der Waals surface area contributed by atoms with Crippen molar-refractivity contribution in [2.24, 2.45) is 10.2 Å². The van der Waals surface area contributed by atoms with E-state index in [9.17, 15) is 13.5 Å². The minimum absolute atomic E-state index is 0.0366. The number of hydrogen-bond acceptors (Lipinski definition) is 5. The van der Waals surface area contributed by atoms with Crippen LogP contribution in [0.1, 0.15) is 23.6 Å². The summed E-state index contributed by atoms with van der Waals surface area (Å²) in [6.07, 6.45) is 0.588. The van der Waals surface area contributed by atoms with Crippen molar-refractivity contribution in [2.75, 3.05) is 5.01 Å². The van der Waals surface area contributed by atoms with Gasteiger partial charge in [-0.05, 0) is 48.0 Å². The Morgan fingerprint density at radius 1 is 1.03 bits per heavy atom. The fraction of sp³-hybridized carbons (Fsp3) is 0.0952. The lowest BCUT2D eigenvalue weighted by molar-refractivity contribution is 0.461. The lowest BCUT2D eigenvalue weighted by Crippen LogP contribution is -2.19. The van der Waals surface area contributed by atoms with Crippen LogP contribution >= 0.6 is 15.9 Å². The Labute approximate surface area is 177 Å². The van der Waals surface area contributed by atoms with E-state index in [1.807, 2.05) is 36.4 Å². The number of hydrazone groups is 1. The zero-order chi connectivity index (χ0) is 20.6. The molecule has 0 radical (unpaired) electrons. The number of primary sulfonamides is 1. The molecule has 1 heterocycles. The van der Waals surface area contributed by atoms with E-state index < -0.39 is 10.0 Å². The van der Waals surface area contributed by atoms with E-state index in [1.54, 1.807) is 29.3 Å². The van der Waals surface area contributed by atoms with Crippen LogP contribution in [0.5, 0.6) is 5.75 Å². The highest BCUT2D eigenvalue weighted by Crippen LogP contribution is 2.41. The Hall–Kier alpha value is -2.68. The lowest BCUT2D eigenvalue weighted by atomic mass is 9.97. The molecule has 1 aliphatic heterocycles. The van der Waals surface area contributed by atoms with E-state index in [4.69, 9.17) is 10.2 Å². The average molecular weight is 472 g/mol. The summed E-state index contributed by atoms with van der Waals surface area (Å²) in [6, 6.07) is 21.1. The van der Waals surface area contributed by atoms with Crippen molar-refractivity contribution in [3.05, 3.63) is 88.4 Å². The van der Waals surface area contributed by atoms with Crippen LogP contribution in [-0.2, 0) is 10.0 Å². The summed E-state index contributed by atoms with van der Waals surface area (Å²) in [5.41, 5.74) is 3.30. The highest BCUT2D eigenvalue weighted by atomic mass is 79.9. The van der Waals surface area contributed by atoms with E-state index >= 15 is 0 Å². The number of rotatable bonds is 4. The van der Waals surface area contributed by atoms with Crippen LogP contribution in [0.4, 0.5) is 5.69 Å². The van der Waals surface area contributed by atoms with E-state index in [2.05, 4.69) is 15.9 Å². The maximum absolute atomic E-state index is 11.6. The predicted molar refractivity (Wildman–Crippen MR) is 116 cm³/mol. The molecule has 0 spiro atoms. The molecule has 0 saturated carbocycles. The number of nitrogens with two attached hydrogens (primary N) is 1. The van der Waals surface area contributed by atoms with Crippen LogP contribution in [0.15, 0.2) is 87.3 Å². The molecule has 148 valence electrons. The molecule has 3 aromatic carbocycles. The summed E-state index contributed by atoms with van der Waals surface area (Å²) in [5, 5.41) is 22.3. The molecule has 3 N–H and O–H groups in total. The predicted octanol–water partition coefficient (Wildman–Crippen LogP) is 4.16. The van der Waals surface area contributed by atoms with Gasteiger partial charge in [-0.2, -0.15) is 5.10 Å². The first-order chi connectivity index (χ1) is 13.8. The number of halogens is 1. The first-order valence-corrected chi connectivity index (χ1v) is 11.2. The number of aromatic hydroxyl groups is 1. The molecule has 6 nitrogen and oxygen atoms in total. The summed E-state index contributed by atoms with van der Waals surface area (Å²) < 4.78 is 24.0. The van der Waals surface area contributed by atoms with Crippen molar-refractivity contribution < 1.29 is 13.5 Å². The number of benzene rings is 3. The monoisotopic (exact) mass is 471 g/mol. The maximum Gasteiger partial charge on any atom is 0.238 e. The van der Waals surface area contributed by atoms with E-state index in [0.29, 0.717) is 12.1 Å². The zero-order valence-electron chi connectivity index (χ0n) is 15.2. The zero-order valence-corrected chi connectivity index (χ0v) is 17.6. The van der Waals surface area contributed by atoms with Crippen molar-refractivity contribution in [2.45, 2.75) is 17.4 Å². The molecule has 0 aromatic heterocycles. The van der Waals surface area contributed by atoms with Gasteiger partial charge in [0.1, 0.15) is 5.75 Å². The Morgan fingerprint density at radius 3 is 2.38 bits per heavy atom. The SMILES string of the molecule is NS(=O)(=O)c1ccc(N2N=C(c3ccccc3)CC2c2cc(Br)ccc2O)cc1. The summed E-state index contributed by atoms with van der Waals surface area (Å²) in [6.45, 7) is 0. The molecule has 1 aliphatic rings. The van der Waals surface area contributed by atoms with Gasteiger partial charge >= 0.3 is 0 Å². The van der Waals surface area contributed by atoms with Crippen LogP contribution in [0.3, 0.4) is 0 Å². The number of phenols is 1. The molecule has 0 fully saturated rings. The molecular formula is C21H18BrN3O3S. The largest absolute Gasteiger partial charge is 0.508 e. The van der Waals surface area contributed by atoms with Crippen LogP contribution in [0.2, 0.25) is 0 Å². The number of phenolic OH excluding ortho intramolecular Hbond substituents is 1.